The molecule has 10 heteroatoms. The van der Waals surface area contributed by atoms with Crippen molar-refractivity contribution in [3.8, 4) is 11.8 Å². The summed E-state index contributed by atoms with van der Waals surface area (Å²) in [6, 6.07) is 9.70. The quantitative estimate of drug-likeness (QED) is 0.779. The van der Waals surface area contributed by atoms with Gasteiger partial charge < -0.3 is 10.2 Å². The van der Waals surface area contributed by atoms with E-state index >= 15 is 0 Å². The van der Waals surface area contributed by atoms with Crippen molar-refractivity contribution >= 4 is 17.6 Å². The maximum Gasteiger partial charge on any atom is 0.323 e. The summed E-state index contributed by atoms with van der Waals surface area (Å²) in [7, 11) is 0. The Labute approximate surface area is 166 Å². The Hall–Kier alpha value is -3.48. The van der Waals surface area contributed by atoms with Crippen molar-refractivity contribution in [2.45, 2.75) is 37.9 Å². The van der Waals surface area contributed by atoms with Crippen LogP contribution in [0.4, 0.5) is 10.5 Å². The van der Waals surface area contributed by atoms with E-state index in [2.05, 4.69) is 37.1 Å². The van der Waals surface area contributed by atoms with Gasteiger partial charge in [0.25, 0.3) is 0 Å². The molecule has 29 heavy (non-hydrogen) atoms. The number of rotatable bonds is 2. The number of benzene rings is 1. The predicted octanol–water partition coefficient (Wildman–Crippen LogP) is 0.963. The fraction of sp³-hybridized carbons (Fsp3) is 0.474. The molecule has 3 aliphatic rings. The van der Waals surface area contributed by atoms with E-state index in [0.29, 0.717) is 12.3 Å². The molecule has 2 aliphatic heterocycles. The highest BCUT2D eigenvalue weighted by molar-refractivity contribution is 5.99. The first kappa shape index (κ1) is 17.6. The van der Waals surface area contributed by atoms with Gasteiger partial charge in [0.1, 0.15) is 12.5 Å². The molecular formula is C19H20N8O2. The molecule has 3 fully saturated rings. The van der Waals surface area contributed by atoms with Crippen LogP contribution in [0.15, 0.2) is 30.6 Å². The third-order valence-electron chi connectivity index (χ3n) is 6.33. The summed E-state index contributed by atoms with van der Waals surface area (Å²) in [5, 5.41) is 26.2. The van der Waals surface area contributed by atoms with E-state index in [1.165, 1.54) is 6.33 Å². The van der Waals surface area contributed by atoms with Gasteiger partial charge >= 0.3 is 6.03 Å². The standard InChI is InChI=1S/C19H20N8O2/c20-9-11-4-5-12-7-15-17(22-19(29)23-18(15)28)27(16(12)6-11)14-3-1-2-13(8-14)26-10-21-24-25-26/h1-3,8,10-12,15-17H,4-7H2,(H2,22,23,28,29). The summed E-state index contributed by atoms with van der Waals surface area (Å²) in [4.78, 5) is 26.8. The fourth-order valence-corrected chi connectivity index (χ4v) is 5.02. The minimum atomic E-state index is -0.482. The Morgan fingerprint density at radius 1 is 1.17 bits per heavy atom. The second-order valence-electron chi connectivity index (χ2n) is 7.90. The lowest BCUT2D eigenvalue weighted by Gasteiger charge is -2.54. The molecule has 1 aromatic carbocycles. The second-order valence-corrected chi connectivity index (χ2v) is 7.90. The van der Waals surface area contributed by atoms with Gasteiger partial charge in [-0.2, -0.15) is 5.26 Å². The maximum atomic E-state index is 12.6. The average Bonchev–Trinajstić information content (AvgIpc) is 3.27. The molecule has 3 heterocycles. The summed E-state index contributed by atoms with van der Waals surface area (Å²) in [6.45, 7) is 0. The number of nitrogens with zero attached hydrogens (tertiary/aromatic N) is 6. The molecular weight excluding hydrogens is 372 g/mol. The van der Waals surface area contributed by atoms with Crippen molar-refractivity contribution < 1.29 is 9.59 Å². The molecule has 1 saturated carbocycles. The van der Waals surface area contributed by atoms with Crippen molar-refractivity contribution in [1.82, 2.24) is 30.8 Å². The number of nitriles is 1. The first-order chi connectivity index (χ1) is 14.1. The summed E-state index contributed by atoms with van der Waals surface area (Å²) in [5.41, 5.74) is 1.65. The summed E-state index contributed by atoms with van der Waals surface area (Å²) >= 11 is 0. The number of piperidine rings is 1. The van der Waals surface area contributed by atoms with Crippen LogP contribution < -0.4 is 15.5 Å². The highest BCUT2D eigenvalue weighted by Gasteiger charge is 2.50. The maximum absolute atomic E-state index is 12.6. The average molecular weight is 392 g/mol. The van der Waals surface area contributed by atoms with Gasteiger partial charge in [-0.15, -0.1) is 5.10 Å². The molecule has 0 spiro atoms. The number of hydrogen-bond acceptors (Lipinski definition) is 7. The minimum Gasteiger partial charge on any atom is -0.347 e. The number of aromatic nitrogens is 4. The Morgan fingerprint density at radius 3 is 2.83 bits per heavy atom. The number of hydrogen-bond donors (Lipinski definition) is 2. The topological polar surface area (TPSA) is 129 Å². The second kappa shape index (κ2) is 6.84. The molecule has 2 N–H and O–H groups in total. The van der Waals surface area contributed by atoms with Gasteiger partial charge in [0.05, 0.1) is 17.7 Å². The van der Waals surface area contributed by atoms with Crippen molar-refractivity contribution in [2.24, 2.45) is 17.8 Å². The first-order valence-electron chi connectivity index (χ1n) is 9.77. The van der Waals surface area contributed by atoms with Gasteiger partial charge in [0.15, 0.2) is 0 Å². The molecule has 148 valence electrons. The lowest BCUT2D eigenvalue weighted by molar-refractivity contribution is -0.127. The van der Waals surface area contributed by atoms with Gasteiger partial charge in [-0.25, -0.2) is 9.48 Å². The Balaban J connectivity index is 1.58. The van der Waals surface area contributed by atoms with Crippen molar-refractivity contribution in [2.75, 3.05) is 4.90 Å². The van der Waals surface area contributed by atoms with E-state index in [1.807, 2.05) is 24.3 Å². The summed E-state index contributed by atoms with van der Waals surface area (Å²) in [6.07, 6.45) is 4.25. The van der Waals surface area contributed by atoms with Crippen LogP contribution in [0, 0.1) is 29.1 Å². The van der Waals surface area contributed by atoms with Crippen LogP contribution in [0.25, 0.3) is 5.69 Å². The first-order valence-corrected chi connectivity index (χ1v) is 9.77. The number of tetrazole rings is 1. The van der Waals surface area contributed by atoms with E-state index < -0.39 is 12.2 Å². The van der Waals surface area contributed by atoms with Crippen LogP contribution in [0.5, 0.6) is 0 Å². The molecule has 3 amide bonds. The zero-order valence-electron chi connectivity index (χ0n) is 15.6. The largest absolute Gasteiger partial charge is 0.347 e. The zero-order valence-corrected chi connectivity index (χ0v) is 15.6. The Bertz CT molecular complexity index is 984. The molecule has 5 unspecified atom stereocenters. The normalized spacial score (nSPS) is 31.1. The number of carbonyl (C=O) groups is 2. The molecule has 5 rings (SSSR count). The molecule has 1 aliphatic carbocycles. The number of imide groups is 1. The SMILES string of the molecule is N#CC1CCC2CC3C(=O)NC(=O)NC3N(c3cccc(-n4cnnn4)c3)C2C1. The minimum absolute atomic E-state index is 0.0221. The van der Waals surface area contributed by atoms with Crippen LogP contribution in [0.2, 0.25) is 0 Å². The molecule has 0 radical (unpaired) electrons. The van der Waals surface area contributed by atoms with Crippen LogP contribution >= 0.6 is 0 Å². The number of amides is 3. The Kier molecular flexibility index (Phi) is 4.16. The van der Waals surface area contributed by atoms with E-state index in [9.17, 15) is 14.9 Å². The summed E-state index contributed by atoms with van der Waals surface area (Å²) in [5.74, 6) is -0.296. The van der Waals surface area contributed by atoms with Gasteiger partial charge in [-0.1, -0.05) is 6.07 Å². The fourth-order valence-electron chi connectivity index (χ4n) is 5.02. The van der Waals surface area contributed by atoms with Crippen molar-refractivity contribution in [1.29, 1.82) is 5.26 Å². The summed E-state index contributed by atoms with van der Waals surface area (Å²) < 4.78 is 1.56. The number of fused-ring (bicyclic) bond motifs is 2. The van der Waals surface area contributed by atoms with Crippen LogP contribution in [-0.4, -0.2) is 44.4 Å². The van der Waals surface area contributed by atoms with Gasteiger partial charge in [0.2, 0.25) is 5.91 Å². The molecule has 2 saturated heterocycles. The van der Waals surface area contributed by atoms with Crippen LogP contribution in [0.3, 0.4) is 0 Å². The van der Waals surface area contributed by atoms with Gasteiger partial charge in [-0.3, -0.25) is 10.1 Å². The number of anilines is 1. The zero-order chi connectivity index (χ0) is 20.0. The molecule has 0 bridgehead atoms. The smallest absolute Gasteiger partial charge is 0.323 e. The molecule has 5 atom stereocenters. The Morgan fingerprint density at radius 2 is 2.03 bits per heavy atom. The van der Waals surface area contributed by atoms with Gasteiger partial charge in [-0.05, 0) is 60.2 Å². The number of urea groups is 1. The van der Waals surface area contributed by atoms with Gasteiger partial charge in [0, 0.05) is 17.6 Å². The lowest BCUT2D eigenvalue weighted by atomic mass is 9.70. The number of carbonyl (C=O) groups excluding carboxylic acids is 2. The van der Waals surface area contributed by atoms with E-state index in [0.717, 1.165) is 30.6 Å². The van der Waals surface area contributed by atoms with Crippen LogP contribution in [0.1, 0.15) is 25.7 Å². The third kappa shape index (κ3) is 2.99. The molecule has 10 nitrogen and oxygen atoms in total. The molecule has 1 aromatic heterocycles. The van der Waals surface area contributed by atoms with E-state index in [1.54, 1.807) is 4.68 Å². The third-order valence-corrected chi connectivity index (χ3v) is 6.33. The lowest BCUT2D eigenvalue weighted by Crippen LogP contribution is -2.70. The van der Waals surface area contributed by atoms with E-state index in [-0.39, 0.29) is 23.8 Å². The van der Waals surface area contributed by atoms with Crippen molar-refractivity contribution in [3.63, 3.8) is 0 Å². The van der Waals surface area contributed by atoms with Crippen LogP contribution in [-0.2, 0) is 4.79 Å². The molecule has 2 aromatic rings. The monoisotopic (exact) mass is 392 g/mol. The highest BCUT2D eigenvalue weighted by Crippen LogP contribution is 2.44. The predicted molar refractivity (Wildman–Crippen MR) is 100 cm³/mol. The highest BCUT2D eigenvalue weighted by atomic mass is 16.2. The van der Waals surface area contributed by atoms with E-state index in [4.69, 9.17) is 0 Å². The van der Waals surface area contributed by atoms with Crippen molar-refractivity contribution in [3.05, 3.63) is 30.6 Å². The number of nitrogens with one attached hydrogen (secondary N) is 2.